The van der Waals surface area contributed by atoms with Gasteiger partial charge < -0.3 is 9.26 Å². The molecule has 0 saturated carbocycles. The highest BCUT2D eigenvalue weighted by Gasteiger charge is 2.41. The average molecular weight is 320 g/mol. The van der Waals surface area contributed by atoms with Crippen LogP contribution in [0.4, 0.5) is 0 Å². The minimum atomic E-state index is -0.0380. The van der Waals surface area contributed by atoms with Gasteiger partial charge in [0.2, 0.25) is 0 Å². The van der Waals surface area contributed by atoms with Crippen molar-refractivity contribution in [3.8, 4) is 0 Å². The summed E-state index contributed by atoms with van der Waals surface area (Å²) in [4.78, 5) is 11.4. The zero-order chi connectivity index (χ0) is 15.1. The molecule has 0 N–H and O–H groups in total. The third-order valence-corrected chi connectivity index (χ3v) is 5.34. The first-order valence-electron chi connectivity index (χ1n) is 7.80. The number of rotatable bonds is 3. The van der Waals surface area contributed by atoms with E-state index in [1.165, 1.54) is 5.69 Å². The Morgan fingerprint density at radius 2 is 2.18 bits per heavy atom. The van der Waals surface area contributed by atoms with Crippen molar-refractivity contribution in [3.05, 3.63) is 27.8 Å². The molecule has 6 nitrogen and oxygen atoms in total. The molecule has 3 atom stereocenters. The first-order chi connectivity index (χ1) is 10.7. The summed E-state index contributed by atoms with van der Waals surface area (Å²) in [6, 6.07) is 0.488. The van der Waals surface area contributed by atoms with E-state index in [-0.39, 0.29) is 12.2 Å². The van der Waals surface area contributed by atoms with E-state index in [1.807, 2.05) is 6.92 Å². The van der Waals surface area contributed by atoms with Crippen LogP contribution in [0.15, 0.2) is 9.90 Å². The summed E-state index contributed by atoms with van der Waals surface area (Å²) >= 11 is 1.72. The molecule has 0 bridgehead atoms. The number of fused-ring (bicyclic) bond motifs is 1. The summed E-state index contributed by atoms with van der Waals surface area (Å²) in [5.41, 5.74) is 1.18. The molecule has 22 heavy (non-hydrogen) atoms. The standard InChI is InChI=1S/C15H20N4O2S/c1-9-16-15(21-18-9)14-4-3-12-13(20-14)5-6-19(12)7-11-8-22-10(2)17-11/h8,12-14H,3-7H2,1-2H3/t12-,13-,14-/m0/s1. The van der Waals surface area contributed by atoms with Crippen molar-refractivity contribution in [1.82, 2.24) is 20.0 Å². The van der Waals surface area contributed by atoms with E-state index in [0.717, 1.165) is 37.4 Å². The number of aromatic nitrogens is 3. The lowest BCUT2D eigenvalue weighted by Crippen LogP contribution is -2.40. The minimum absolute atomic E-state index is 0.0380. The van der Waals surface area contributed by atoms with Crippen LogP contribution in [-0.2, 0) is 11.3 Å². The molecule has 7 heteroatoms. The van der Waals surface area contributed by atoms with Crippen LogP contribution in [0.1, 0.15) is 47.8 Å². The van der Waals surface area contributed by atoms with Crippen molar-refractivity contribution in [1.29, 1.82) is 0 Å². The van der Waals surface area contributed by atoms with Gasteiger partial charge in [0.25, 0.3) is 5.89 Å². The monoisotopic (exact) mass is 320 g/mol. The molecular formula is C15H20N4O2S. The van der Waals surface area contributed by atoms with Gasteiger partial charge in [0.05, 0.1) is 16.8 Å². The van der Waals surface area contributed by atoms with Gasteiger partial charge in [-0.1, -0.05) is 5.16 Å². The zero-order valence-corrected chi connectivity index (χ0v) is 13.7. The van der Waals surface area contributed by atoms with Gasteiger partial charge in [0.1, 0.15) is 6.10 Å². The molecule has 0 aliphatic carbocycles. The average Bonchev–Trinajstić information content (AvgIpc) is 3.21. The van der Waals surface area contributed by atoms with E-state index >= 15 is 0 Å². The highest BCUT2D eigenvalue weighted by atomic mass is 32.1. The smallest absolute Gasteiger partial charge is 0.255 e. The Hall–Kier alpha value is -1.31. The summed E-state index contributed by atoms with van der Waals surface area (Å²) in [7, 11) is 0. The molecule has 2 aromatic heterocycles. The number of thiazole rings is 1. The lowest BCUT2D eigenvalue weighted by Gasteiger charge is -2.34. The lowest BCUT2D eigenvalue weighted by molar-refractivity contribution is -0.0832. The van der Waals surface area contributed by atoms with Gasteiger partial charge in [-0.05, 0) is 33.1 Å². The summed E-state index contributed by atoms with van der Waals surface area (Å²) in [6.07, 6.45) is 3.35. The maximum absolute atomic E-state index is 6.23. The van der Waals surface area contributed by atoms with Gasteiger partial charge in [0, 0.05) is 24.5 Å². The molecule has 2 aliphatic heterocycles. The van der Waals surface area contributed by atoms with Gasteiger partial charge in [-0.3, -0.25) is 4.90 Å². The van der Waals surface area contributed by atoms with Crippen LogP contribution in [0.25, 0.3) is 0 Å². The van der Waals surface area contributed by atoms with Crippen molar-refractivity contribution >= 4 is 11.3 Å². The highest BCUT2D eigenvalue weighted by molar-refractivity contribution is 7.09. The summed E-state index contributed by atoms with van der Waals surface area (Å²) in [6.45, 7) is 5.90. The van der Waals surface area contributed by atoms with E-state index in [0.29, 0.717) is 17.8 Å². The first kappa shape index (κ1) is 14.3. The predicted octanol–water partition coefficient (Wildman–Crippen LogP) is 2.64. The van der Waals surface area contributed by atoms with Crippen molar-refractivity contribution in [2.24, 2.45) is 0 Å². The van der Waals surface area contributed by atoms with Crippen molar-refractivity contribution in [2.45, 2.75) is 57.9 Å². The number of aryl methyl sites for hydroxylation is 2. The molecular weight excluding hydrogens is 300 g/mol. The maximum atomic E-state index is 6.23. The van der Waals surface area contributed by atoms with Gasteiger partial charge in [-0.25, -0.2) is 4.98 Å². The molecule has 0 spiro atoms. The Labute approximate surface area is 133 Å². The van der Waals surface area contributed by atoms with Gasteiger partial charge >= 0.3 is 0 Å². The van der Waals surface area contributed by atoms with Crippen molar-refractivity contribution in [2.75, 3.05) is 6.54 Å². The molecule has 4 heterocycles. The quantitative estimate of drug-likeness (QED) is 0.866. The summed E-state index contributed by atoms with van der Waals surface area (Å²) in [5.74, 6) is 1.30. The molecule has 0 radical (unpaired) electrons. The van der Waals surface area contributed by atoms with Crippen molar-refractivity contribution in [3.63, 3.8) is 0 Å². The van der Waals surface area contributed by atoms with E-state index in [1.54, 1.807) is 11.3 Å². The van der Waals surface area contributed by atoms with E-state index in [9.17, 15) is 0 Å². The fraction of sp³-hybridized carbons (Fsp3) is 0.667. The number of likely N-dealkylation sites (tertiary alicyclic amines) is 1. The Morgan fingerprint density at radius 3 is 2.91 bits per heavy atom. The molecule has 2 aliphatic rings. The second-order valence-corrected chi connectivity index (χ2v) is 7.17. The highest BCUT2D eigenvalue weighted by Crippen LogP contribution is 2.38. The number of hydrogen-bond donors (Lipinski definition) is 0. The minimum Gasteiger partial charge on any atom is -0.363 e. The Kier molecular flexibility index (Phi) is 3.71. The Bertz CT molecular complexity index is 656. The molecule has 2 aromatic rings. The topological polar surface area (TPSA) is 64.3 Å². The summed E-state index contributed by atoms with van der Waals surface area (Å²) < 4.78 is 11.5. The van der Waals surface area contributed by atoms with Gasteiger partial charge in [-0.2, -0.15) is 4.98 Å². The molecule has 2 saturated heterocycles. The second-order valence-electron chi connectivity index (χ2n) is 6.10. The third kappa shape index (κ3) is 2.68. The lowest BCUT2D eigenvalue weighted by atomic mass is 9.99. The Morgan fingerprint density at radius 1 is 1.27 bits per heavy atom. The maximum Gasteiger partial charge on any atom is 0.255 e. The van der Waals surface area contributed by atoms with E-state index in [4.69, 9.17) is 9.26 Å². The van der Waals surface area contributed by atoms with Crippen LogP contribution in [0.2, 0.25) is 0 Å². The van der Waals surface area contributed by atoms with Crippen molar-refractivity contribution < 1.29 is 9.26 Å². The van der Waals surface area contributed by atoms with Gasteiger partial charge in [-0.15, -0.1) is 11.3 Å². The van der Waals surface area contributed by atoms with Gasteiger partial charge in [0.15, 0.2) is 5.82 Å². The second kappa shape index (κ2) is 5.72. The fourth-order valence-electron chi connectivity index (χ4n) is 3.53. The molecule has 2 fully saturated rings. The normalized spacial score (nSPS) is 28.9. The summed E-state index contributed by atoms with van der Waals surface area (Å²) in [5, 5.41) is 7.17. The molecule has 0 aromatic carbocycles. The zero-order valence-electron chi connectivity index (χ0n) is 12.9. The molecule has 4 rings (SSSR count). The molecule has 0 unspecified atom stereocenters. The van der Waals surface area contributed by atoms with E-state index in [2.05, 4.69) is 32.3 Å². The van der Waals surface area contributed by atoms with Crippen LogP contribution < -0.4 is 0 Å². The van der Waals surface area contributed by atoms with Crippen LogP contribution in [0, 0.1) is 13.8 Å². The first-order valence-corrected chi connectivity index (χ1v) is 8.68. The van der Waals surface area contributed by atoms with E-state index < -0.39 is 0 Å². The SMILES string of the molecule is Cc1noc([C@@H]2CC[C@H]3[C@H](CCN3Cc3csc(C)n3)O2)n1. The van der Waals surface area contributed by atoms with Crippen LogP contribution in [0.3, 0.4) is 0 Å². The van der Waals surface area contributed by atoms with Crippen LogP contribution >= 0.6 is 11.3 Å². The molecule has 118 valence electrons. The largest absolute Gasteiger partial charge is 0.363 e. The number of hydrogen-bond acceptors (Lipinski definition) is 7. The fourth-order valence-corrected chi connectivity index (χ4v) is 4.13. The van der Waals surface area contributed by atoms with Crippen LogP contribution in [-0.4, -0.2) is 38.7 Å². The Balaban J connectivity index is 1.41. The molecule has 0 amide bonds. The predicted molar refractivity (Wildman–Crippen MR) is 81.5 cm³/mol. The number of nitrogens with zero attached hydrogens (tertiary/aromatic N) is 4. The third-order valence-electron chi connectivity index (χ3n) is 4.51. The number of ether oxygens (including phenoxy) is 1. The van der Waals surface area contributed by atoms with Crippen LogP contribution in [0.5, 0.6) is 0 Å².